The molecule has 0 N–H and O–H groups in total. The Morgan fingerprint density at radius 2 is 1.94 bits per heavy atom. The molecule has 0 aliphatic heterocycles. The first-order valence-electron chi connectivity index (χ1n) is 10.9. The van der Waals surface area contributed by atoms with Crippen molar-refractivity contribution in [2.75, 3.05) is 0 Å². The highest BCUT2D eigenvalue weighted by Crippen LogP contribution is 2.45. The Morgan fingerprint density at radius 3 is 2.69 bits per heavy atom. The van der Waals surface area contributed by atoms with Crippen molar-refractivity contribution >= 4 is 34.2 Å². The molecule has 2 aromatic carbocycles. The second-order valence-electron chi connectivity index (χ2n) is 9.28. The van der Waals surface area contributed by atoms with Gasteiger partial charge < -0.3 is 4.74 Å². The maximum absolute atomic E-state index is 9.82. The number of nitriles is 1. The second kappa shape index (κ2) is 9.48. The molecule has 164 valence electrons. The van der Waals surface area contributed by atoms with Crippen LogP contribution in [0.25, 0.3) is 0 Å². The van der Waals surface area contributed by atoms with E-state index >= 15 is 0 Å². The van der Waals surface area contributed by atoms with Crippen LogP contribution in [0.1, 0.15) is 54.3 Å². The zero-order valence-corrected chi connectivity index (χ0v) is 20.3. The molecule has 5 heteroatoms. The van der Waals surface area contributed by atoms with Crippen LogP contribution in [0.2, 0.25) is 5.02 Å². The second-order valence-corrected chi connectivity index (χ2v) is 10.8. The summed E-state index contributed by atoms with van der Waals surface area (Å²) < 4.78 is 6.04. The Morgan fingerprint density at radius 1 is 1.19 bits per heavy atom. The van der Waals surface area contributed by atoms with Gasteiger partial charge in [0.2, 0.25) is 0 Å². The molecule has 1 aromatic heterocycles. The zero-order valence-electron chi connectivity index (χ0n) is 18.7. The minimum atomic E-state index is 0.274. The van der Waals surface area contributed by atoms with Crippen LogP contribution in [0.3, 0.4) is 0 Å². The maximum Gasteiger partial charge on any atom is 0.134 e. The van der Waals surface area contributed by atoms with Crippen molar-refractivity contribution in [2.24, 2.45) is 16.3 Å². The fourth-order valence-corrected chi connectivity index (χ4v) is 5.55. The lowest BCUT2D eigenvalue weighted by atomic mass is 9.72. The van der Waals surface area contributed by atoms with Crippen LogP contribution < -0.4 is 4.74 Å². The standard InChI is InChI=1S/C27H27ClN2OS/c1-27(2,3)20-12-13-21-22(15-29)26(32-25(21)14-20)30-16-18-8-5-7-11-24(18)31-17-19-9-4-6-10-23(19)28/h4-11,16,20H,12-14,17H2,1-3H3/t20-/m0/s1. The number of fused-ring (bicyclic) bond motifs is 1. The van der Waals surface area contributed by atoms with E-state index in [1.54, 1.807) is 17.6 Å². The van der Waals surface area contributed by atoms with Gasteiger partial charge in [0.1, 0.15) is 23.4 Å². The lowest BCUT2D eigenvalue weighted by Crippen LogP contribution is -2.26. The molecular formula is C27H27ClN2OS. The Labute approximate surface area is 199 Å². The Kier molecular flexibility index (Phi) is 6.69. The summed E-state index contributed by atoms with van der Waals surface area (Å²) in [6.45, 7) is 7.30. The van der Waals surface area contributed by atoms with E-state index in [1.807, 2.05) is 48.5 Å². The van der Waals surface area contributed by atoms with E-state index in [2.05, 4.69) is 26.8 Å². The Bertz CT molecular complexity index is 1180. The summed E-state index contributed by atoms with van der Waals surface area (Å²) in [5.74, 6) is 1.37. The van der Waals surface area contributed by atoms with E-state index in [4.69, 9.17) is 21.3 Å². The highest BCUT2D eigenvalue weighted by molar-refractivity contribution is 7.16. The van der Waals surface area contributed by atoms with Gasteiger partial charge in [-0.2, -0.15) is 5.26 Å². The van der Waals surface area contributed by atoms with Crippen molar-refractivity contribution in [3.05, 3.63) is 80.7 Å². The fourth-order valence-electron chi connectivity index (χ4n) is 4.13. The molecule has 1 aliphatic rings. The predicted octanol–water partition coefficient (Wildman–Crippen LogP) is 7.75. The van der Waals surface area contributed by atoms with Gasteiger partial charge in [-0.3, -0.25) is 0 Å². The molecule has 0 amide bonds. The summed E-state index contributed by atoms with van der Waals surface area (Å²) in [4.78, 5) is 6.06. The lowest BCUT2D eigenvalue weighted by molar-refractivity contribution is 0.218. The van der Waals surface area contributed by atoms with E-state index in [-0.39, 0.29) is 5.41 Å². The first-order valence-corrected chi connectivity index (χ1v) is 12.1. The average Bonchev–Trinajstić information content (AvgIpc) is 3.14. The first-order chi connectivity index (χ1) is 15.4. The van der Waals surface area contributed by atoms with Crippen LogP contribution in [0.15, 0.2) is 53.5 Å². The van der Waals surface area contributed by atoms with Crippen LogP contribution in [-0.4, -0.2) is 6.21 Å². The van der Waals surface area contributed by atoms with Crippen LogP contribution in [-0.2, 0) is 19.4 Å². The number of nitrogens with zero attached hydrogens (tertiary/aromatic N) is 2. The van der Waals surface area contributed by atoms with Gasteiger partial charge in [-0.1, -0.05) is 62.7 Å². The number of benzene rings is 2. The number of hydrogen-bond acceptors (Lipinski definition) is 4. The minimum Gasteiger partial charge on any atom is -0.488 e. The van der Waals surface area contributed by atoms with Gasteiger partial charge in [0.15, 0.2) is 0 Å². The van der Waals surface area contributed by atoms with Crippen molar-refractivity contribution in [3.8, 4) is 11.8 Å². The van der Waals surface area contributed by atoms with Crippen LogP contribution >= 0.6 is 22.9 Å². The van der Waals surface area contributed by atoms with E-state index < -0.39 is 0 Å². The van der Waals surface area contributed by atoms with Crippen molar-refractivity contribution in [1.82, 2.24) is 0 Å². The summed E-state index contributed by atoms with van der Waals surface area (Å²) in [7, 11) is 0. The third-order valence-electron chi connectivity index (χ3n) is 6.16. The van der Waals surface area contributed by atoms with Crippen molar-refractivity contribution in [1.29, 1.82) is 5.26 Å². The summed E-state index contributed by atoms with van der Waals surface area (Å²) in [5, 5.41) is 11.3. The highest BCUT2D eigenvalue weighted by atomic mass is 35.5. The number of para-hydroxylation sites is 1. The predicted molar refractivity (Wildman–Crippen MR) is 133 cm³/mol. The van der Waals surface area contributed by atoms with Gasteiger partial charge in [-0.15, -0.1) is 11.3 Å². The van der Waals surface area contributed by atoms with Gasteiger partial charge in [0, 0.05) is 27.2 Å². The third-order valence-corrected chi connectivity index (χ3v) is 7.70. The molecule has 0 radical (unpaired) electrons. The van der Waals surface area contributed by atoms with E-state index in [0.29, 0.717) is 17.5 Å². The SMILES string of the molecule is CC(C)(C)[C@H]1CCc2c(sc(N=Cc3ccccc3OCc3ccccc3Cl)c2C#N)C1. The van der Waals surface area contributed by atoms with Crippen molar-refractivity contribution < 1.29 is 4.74 Å². The number of thiophene rings is 1. The Balaban J connectivity index is 1.56. The molecule has 0 fully saturated rings. The molecule has 1 aliphatic carbocycles. The Hall–Kier alpha value is -2.61. The van der Waals surface area contributed by atoms with Gasteiger partial charge in [0.25, 0.3) is 0 Å². The van der Waals surface area contributed by atoms with Crippen LogP contribution in [0, 0.1) is 22.7 Å². The number of ether oxygens (including phenoxy) is 1. The molecule has 0 saturated heterocycles. The molecule has 1 atom stereocenters. The van der Waals surface area contributed by atoms with Crippen LogP contribution in [0.5, 0.6) is 5.75 Å². The van der Waals surface area contributed by atoms with Gasteiger partial charge in [0.05, 0.1) is 5.56 Å². The quantitative estimate of drug-likeness (QED) is 0.364. The normalized spacial score (nSPS) is 16.0. The van der Waals surface area contributed by atoms with E-state index in [1.165, 1.54) is 10.4 Å². The van der Waals surface area contributed by atoms with Crippen LogP contribution in [0.4, 0.5) is 5.00 Å². The molecule has 1 heterocycles. The molecule has 32 heavy (non-hydrogen) atoms. The summed E-state index contributed by atoms with van der Waals surface area (Å²) in [6.07, 6.45) is 4.93. The molecule has 0 spiro atoms. The topological polar surface area (TPSA) is 45.4 Å². The maximum atomic E-state index is 9.82. The number of rotatable bonds is 5. The highest BCUT2D eigenvalue weighted by Gasteiger charge is 2.32. The number of halogens is 1. The smallest absolute Gasteiger partial charge is 0.134 e. The number of hydrogen-bond donors (Lipinski definition) is 0. The molecule has 0 bridgehead atoms. The molecule has 0 saturated carbocycles. The molecule has 3 aromatic rings. The van der Waals surface area contributed by atoms with Crippen molar-refractivity contribution in [2.45, 2.75) is 46.6 Å². The van der Waals surface area contributed by atoms with Gasteiger partial charge in [-0.05, 0) is 54.4 Å². The monoisotopic (exact) mass is 462 g/mol. The summed E-state index contributed by atoms with van der Waals surface area (Å²) >= 11 is 7.92. The van der Waals surface area contributed by atoms with Gasteiger partial charge in [-0.25, -0.2) is 4.99 Å². The summed E-state index contributed by atoms with van der Waals surface area (Å²) in [6, 6.07) is 17.9. The third kappa shape index (κ3) is 4.90. The minimum absolute atomic E-state index is 0.274. The van der Waals surface area contributed by atoms with E-state index in [0.717, 1.165) is 46.7 Å². The summed E-state index contributed by atoms with van der Waals surface area (Å²) in [5.41, 5.74) is 4.03. The largest absolute Gasteiger partial charge is 0.488 e. The molecule has 4 rings (SSSR count). The van der Waals surface area contributed by atoms with Gasteiger partial charge >= 0.3 is 0 Å². The fraction of sp³-hybridized carbons (Fsp3) is 0.333. The first kappa shape index (κ1) is 22.6. The molecular weight excluding hydrogens is 436 g/mol. The molecule has 3 nitrogen and oxygen atoms in total. The van der Waals surface area contributed by atoms with E-state index in [9.17, 15) is 5.26 Å². The zero-order chi connectivity index (χ0) is 22.7. The van der Waals surface area contributed by atoms with Crippen molar-refractivity contribution in [3.63, 3.8) is 0 Å². The number of aliphatic imine (C=N–C) groups is 1. The molecule has 0 unspecified atom stereocenters. The lowest BCUT2D eigenvalue weighted by Gasteiger charge is -2.33. The average molecular weight is 463 g/mol.